The molecular weight excluding hydrogens is 412 g/mol. The van der Waals surface area contributed by atoms with E-state index in [4.69, 9.17) is 4.74 Å². The number of ether oxygens (including phenoxy) is 1. The summed E-state index contributed by atoms with van der Waals surface area (Å²) in [4.78, 5) is 0. The molecule has 0 N–H and O–H groups in total. The largest absolute Gasteiger partial charge is 0.375 e. The summed E-state index contributed by atoms with van der Waals surface area (Å²) in [6.45, 7) is 12.3. The van der Waals surface area contributed by atoms with Crippen molar-refractivity contribution in [1.82, 2.24) is 0 Å². The van der Waals surface area contributed by atoms with Crippen LogP contribution < -0.4 is 0 Å². The molecule has 0 spiro atoms. The number of unbranched alkanes of at least 4 members (excludes halogenated alkanes) is 4. The fraction of sp³-hybridized carbons (Fsp3) is 1.00. The van der Waals surface area contributed by atoms with Crippen molar-refractivity contribution >= 4 is 0 Å². The van der Waals surface area contributed by atoms with Crippen molar-refractivity contribution in [2.45, 2.75) is 175 Å². The van der Waals surface area contributed by atoms with Gasteiger partial charge in [0.1, 0.15) is 0 Å². The minimum atomic E-state index is 0.434. The summed E-state index contributed by atoms with van der Waals surface area (Å²) >= 11 is 0. The van der Waals surface area contributed by atoms with Crippen molar-refractivity contribution in [3.63, 3.8) is 0 Å². The minimum Gasteiger partial charge on any atom is -0.375 e. The van der Waals surface area contributed by atoms with E-state index in [1.54, 1.807) is 0 Å². The molecule has 0 aromatic rings. The lowest BCUT2D eigenvalue weighted by Gasteiger charge is -2.44. The zero-order valence-electron chi connectivity index (χ0n) is 24.1. The molecule has 0 amide bonds. The van der Waals surface area contributed by atoms with E-state index in [1.165, 1.54) is 128 Å². The highest BCUT2D eigenvalue weighted by Crippen LogP contribution is 2.50. The summed E-state index contributed by atoms with van der Waals surface area (Å²) < 4.78 is 7.03. The molecule has 0 saturated heterocycles. The van der Waals surface area contributed by atoms with Crippen molar-refractivity contribution in [2.24, 2.45) is 35.0 Å². The van der Waals surface area contributed by atoms with E-state index in [9.17, 15) is 0 Å². The Kier molecular flexibility index (Phi) is 12.3. The molecule has 0 aromatic carbocycles. The monoisotopic (exact) mass is 474 g/mol. The third kappa shape index (κ3) is 8.81. The predicted octanol–water partition coefficient (Wildman–Crippen LogP) is 10.7. The molecule has 0 radical (unpaired) electrons. The third-order valence-electron chi connectivity index (χ3n) is 10.5. The summed E-state index contributed by atoms with van der Waals surface area (Å²) in [7, 11) is 0. The standard InChI is InChI=1S/C33H62O/c1-6-8-9-10-11-16-27(4)34-32(23-30-19-14-18-29-17-12-13-20-31(29)30)26(3)24-33(5)22-21-28(25-33)15-7-2/h26-32H,6-25H2,1-5H3/t26?,27-,28?,29?,30?,31?,32?,33?/m1/s1. The number of rotatable bonds is 15. The van der Waals surface area contributed by atoms with Crippen molar-refractivity contribution in [2.75, 3.05) is 0 Å². The first-order chi connectivity index (χ1) is 16.4. The van der Waals surface area contributed by atoms with Crippen LogP contribution in [0.5, 0.6) is 0 Å². The first-order valence-corrected chi connectivity index (χ1v) is 16.1. The van der Waals surface area contributed by atoms with E-state index in [1.807, 2.05) is 0 Å². The van der Waals surface area contributed by atoms with Crippen LogP contribution in [0.1, 0.15) is 163 Å². The van der Waals surface area contributed by atoms with Gasteiger partial charge < -0.3 is 4.74 Å². The Morgan fingerprint density at radius 3 is 2.41 bits per heavy atom. The fourth-order valence-corrected chi connectivity index (χ4v) is 8.69. The first-order valence-electron chi connectivity index (χ1n) is 16.1. The van der Waals surface area contributed by atoms with E-state index in [-0.39, 0.29) is 0 Å². The van der Waals surface area contributed by atoms with Crippen LogP contribution in [0.25, 0.3) is 0 Å². The molecule has 3 saturated carbocycles. The first kappa shape index (κ1) is 28.5. The lowest BCUT2D eigenvalue weighted by molar-refractivity contribution is -0.0673. The Morgan fingerprint density at radius 2 is 1.62 bits per heavy atom. The van der Waals surface area contributed by atoms with E-state index in [0.29, 0.717) is 23.5 Å². The molecule has 0 aromatic heterocycles. The SMILES string of the molecule is CCCCCCC[C@@H](C)OC(CC1CCCC2CCCCC21)C(C)CC1(C)CCC(CCC)C1. The van der Waals surface area contributed by atoms with Gasteiger partial charge in [0, 0.05) is 0 Å². The highest BCUT2D eigenvalue weighted by molar-refractivity contribution is 4.91. The molecular formula is C33H62O. The normalized spacial score (nSPS) is 34.5. The Hall–Kier alpha value is -0.0400. The second-order valence-corrected chi connectivity index (χ2v) is 13.7. The topological polar surface area (TPSA) is 9.23 Å². The Bertz CT molecular complexity index is 541. The average Bonchev–Trinajstić information content (AvgIpc) is 3.19. The molecule has 0 heterocycles. The smallest absolute Gasteiger partial charge is 0.0607 e. The van der Waals surface area contributed by atoms with Gasteiger partial charge >= 0.3 is 0 Å². The summed E-state index contributed by atoms with van der Waals surface area (Å²) in [5.74, 6) is 4.69. The predicted molar refractivity (Wildman–Crippen MR) is 149 cm³/mol. The van der Waals surface area contributed by atoms with Crippen LogP contribution in [0, 0.1) is 35.0 Å². The summed E-state index contributed by atoms with van der Waals surface area (Å²) in [5.41, 5.74) is 0.560. The van der Waals surface area contributed by atoms with Crippen LogP contribution in [0.15, 0.2) is 0 Å². The van der Waals surface area contributed by atoms with Gasteiger partial charge in [-0.25, -0.2) is 0 Å². The molecule has 8 atom stereocenters. The molecule has 3 rings (SSSR count). The quantitative estimate of drug-likeness (QED) is 0.214. The molecule has 0 aliphatic heterocycles. The summed E-state index contributed by atoms with van der Waals surface area (Å²) in [5, 5.41) is 0. The van der Waals surface area contributed by atoms with Gasteiger partial charge in [-0.05, 0) is 86.9 Å². The molecule has 1 nitrogen and oxygen atoms in total. The van der Waals surface area contributed by atoms with Crippen molar-refractivity contribution < 1.29 is 4.74 Å². The van der Waals surface area contributed by atoms with Crippen LogP contribution in [-0.2, 0) is 4.74 Å². The highest BCUT2D eigenvalue weighted by atomic mass is 16.5. The van der Waals surface area contributed by atoms with Crippen molar-refractivity contribution in [3.8, 4) is 0 Å². The van der Waals surface area contributed by atoms with E-state index in [2.05, 4.69) is 34.6 Å². The van der Waals surface area contributed by atoms with Crippen LogP contribution in [0.3, 0.4) is 0 Å². The number of fused-ring (bicyclic) bond motifs is 1. The molecule has 3 aliphatic rings. The highest BCUT2D eigenvalue weighted by Gasteiger charge is 2.40. The summed E-state index contributed by atoms with van der Waals surface area (Å²) in [6, 6.07) is 0. The van der Waals surface area contributed by atoms with Gasteiger partial charge in [0.05, 0.1) is 12.2 Å². The molecule has 3 fully saturated rings. The van der Waals surface area contributed by atoms with Gasteiger partial charge in [0.2, 0.25) is 0 Å². The summed E-state index contributed by atoms with van der Waals surface area (Å²) in [6.07, 6.45) is 29.5. The third-order valence-corrected chi connectivity index (χ3v) is 10.5. The zero-order chi connectivity index (χ0) is 24.4. The van der Waals surface area contributed by atoms with Crippen LogP contribution in [-0.4, -0.2) is 12.2 Å². The van der Waals surface area contributed by atoms with Crippen molar-refractivity contribution in [1.29, 1.82) is 0 Å². The second kappa shape index (κ2) is 14.6. The average molecular weight is 475 g/mol. The molecule has 0 bridgehead atoms. The maximum absolute atomic E-state index is 7.03. The lowest BCUT2D eigenvalue weighted by Crippen LogP contribution is -2.37. The van der Waals surface area contributed by atoms with Crippen molar-refractivity contribution in [3.05, 3.63) is 0 Å². The van der Waals surface area contributed by atoms with Gasteiger partial charge in [-0.1, -0.05) is 111 Å². The zero-order valence-corrected chi connectivity index (χ0v) is 24.1. The number of hydrogen-bond acceptors (Lipinski definition) is 1. The number of hydrogen-bond donors (Lipinski definition) is 0. The fourth-order valence-electron chi connectivity index (χ4n) is 8.69. The van der Waals surface area contributed by atoms with Gasteiger partial charge in [0.25, 0.3) is 0 Å². The minimum absolute atomic E-state index is 0.434. The van der Waals surface area contributed by atoms with Gasteiger partial charge in [-0.2, -0.15) is 0 Å². The van der Waals surface area contributed by atoms with Crippen LogP contribution in [0.2, 0.25) is 0 Å². The van der Waals surface area contributed by atoms with Crippen LogP contribution >= 0.6 is 0 Å². The van der Waals surface area contributed by atoms with Gasteiger partial charge in [0.15, 0.2) is 0 Å². The van der Waals surface area contributed by atoms with E-state index < -0.39 is 0 Å². The lowest BCUT2D eigenvalue weighted by atomic mass is 9.63. The second-order valence-electron chi connectivity index (χ2n) is 13.7. The van der Waals surface area contributed by atoms with Gasteiger partial charge in [-0.3, -0.25) is 0 Å². The maximum atomic E-state index is 7.03. The molecule has 200 valence electrons. The van der Waals surface area contributed by atoms with E-state index in [0.717, 1.165) is 23.7 Å². The molecule has 3 aliphatic carbocycles. The molecule has 34 heavy (non-hydrogen) atoms. The van der Waals surface area contributed by atoms with E-state index >= 15 is 0 Å². The Morgan fingerprint density at radius 1 is 0.853 bits per heavy atom. The maximum Gasteiger partial charge on any atom is 0.0607 e. The van der Waals surface area contributed by atoms with Crippen LogP contribution in [0.4, 0.5) is 0 Å². The Balaban J connectivity index is 1.59. The Labute approximate surface area is 215 Å². The van der Waals surface area contributed by atoms with Gasteiger partial charge in [-0.15, -0.1) is 0 Å². The molecule has 1 heteroatoms. The molecule has 7 unspecified atom stereocenters.